The Morgan fingerprint density at radius 1 is 1.25 bits per heavy atom. The summed E-state index contributed by atoms with van der Waals surface area (Å²) < 4.78 is 5.20. The van der Waals surface area contributed by atoms with Gasteiger partial charge in [-0.25, -0.2) is 4.79 Å². The molecule has 0 amide bonds. The molecule has 0 saturated heterocycles. The lowest BCUT2D eigenvalue weighted by Crippen LogP contribution is -2.04. The Bertz CT molecular complexity index is 627. The van der Waals surface area contributed by atoms with Crippen LogP contribution in [0.5, 0.6) is 0 Å². The lowest BCUT2D eigenvalue weighted by atomic mass is 10.0. The van der Waals surface area contributed by atoms with Crippen LogP contribution in [0.15, 0.2) is 41.8 Å². The monoisotopic (exact) mass is 274 g/mol. The quantitative estimate of drug-likeness (QED) is 0.480. The van der Waals surface area contributed by atoms with Crippen LogP contribution in [0.3, 0.4) is 0 Å². The zero-order valence-corrected chi connectivity index (χ0v) is 11.4. The first-order valence-electron chi connectivity index (χ1n) is 5.96. The number of nitro groups is 1. The molecular formula is C14H14N2O4. The van der Waals surface area contributed by atoms with Crippen molar-refractivity contribution in [2.75, 3.05) is 14.1 Å². The van der Waals surface area contributed by atoms with Gasteiger partial charge in [-0.05, 0) is 24.6 Å². The van der Waals surface area contributed by atoms with Crippen LogP contribution in [0.4, 0.5) is 5.69 Å². The fourth-order valence-electron chi connectivity index (χ4n) is 1.95. The van der Waals surface area contributed by atoms with Gasteiger partial charge in [-0.15, -0.1) is 0 Å². The highest BCUT2D eigenvalue weighted by Gasteiger charge is 2.28. The molecule has 0 fully saturated rings. The van der Waals surface area contributed by atoms with Crippen molar-refractivity contribution in [1.82, 2.24) is 4.90 Å². The SMILES string of the molecule is CC1=C(c2ccc([N+](=O)[O-])cc2)C(=O)O/C1=C/N(C)C. The predicted molar refractivity (Wildman–Crippen MR) is 73.6 cm³/mol. The molecule has 20 heavy (non-hydrogen) atoms. The minimum absolute atomic E-state index is 0.0116. The van der Waals surface area contributed by atoms with Gasteiger partial charge in [0.05, 0.1) is 10.5 Å². The molecule has 104 valence electrons. The van der Waals surface area contributed by atoms with E-state index in [0.29, 0.717) is 16.9 Å². The number of nitrogens with zero attached hydrogens (tertiary/aromatic N) is 2. The van der Waals surface area contributed by atoms with Gasteiger partial charge in [-0.1, -0.05) is 0 Å². The maximum atomic E-state index is 11.9. The number of ether oxygens (including phenoxy) is 1. The Balaban J connectivity index is 2.43. The van der Waals surface area contributed by atoms with Crippen LogP contribution < -0.4 is 0 Å². The van der Waals surface area contributed by atoms with E-state index in [0.717, 1.165) is 5.57 Å². The second-order valence-corrected chi connectivity index (χ2v) is 4.65. The normalized spacial score (nSPS) is 16.6. The van der Waals surface area contributed by atoms with Gasteiger partial charge in [0, 0.05) is 38.0 Å². The van der Waals surface area contributed by atoms with Crippen LogP contribution in [-0.4, -0.2) is 29.9 Å². The van der Waals surface area contributed by atoms with E-state index >= 15 is 0 Å². The van der Waals surface area contributed by atoms with Gasteiger partial charge < -0.3 is 9.64 Å². The Kier molecular flexibility index (Phi) is 3.56. The molecule has 6 heteroatoms. The van der Waals surface area contributed by atoms with Crippen molar-refractivity contribution in [1.29, 1.82) is 0 Å². The van der Waals surface area contributed by atoms with E-state index in [-0.39, 0.29) is 5.69 Å². The lowest BCUT2D eigenvalue weighted by molar-refractivity contribution is -0.384. The van der Waals surface area contributed by atoms with Crippen LogP contribution in [0.25, 0.3) is 5.57 Å². The van der Waals surface area contributed by atoms with E-state index in [4.69, 9.17) is 4.74 Å². The minimum atomic E-state index is -0.477. The van der Waals surface area contributed by atoms with E-state index in [1.54, 1.807) is 30.2 Å². The van der Waals surface area contributed by atoms with E-state index in [9.17, 15) is 14.9 Å². The van der Waals surface area contributed by atoms with Crippen molar-refractivity contribution in [3.8, 4) is 0 Å². The first-order valence-corrected chi connectivity index (χ1v) is 5.96. The number of benzene rings is 1. The standard InChI is InChI=1S/C14H14N2O4/c1-9-12(8-15(2)3)20-14(17)13(9)10-4-6-11(7-5-10)16(18)19/h4-8H,1-3H3/b12-8+. The third-order valence-electron chi connectivity index (χ3n) is 2.89. The summed E-state index contributed by atoms with van der Waals surface area (Å²) in [7, 11) is 3.66. The fraction of sp³-hybridized carbons (Fsp3) is 0.214. The highest BCUT2D eigenvalue weighted by atomic mass is 16.6. The van der Waals surface area contributed by atoms with Gasteiger partial charge in [0.15, 0.2) is 5.76 Å². The number of cyclic esters (lactones) is 1. The average Bonchev–Trinajstić information content (AvgIpc) is 2.64. The first kappa shape index (κ1) is 13.8. The highest BCUT2D eigenvalue weighted by molar-refractivity contribution is 6.21. The van der Waals surface area contributed by atoms with Crippen molar-refractivity contribution >= 4 is 17.2 Å². The summed E-state index contributed by atoms with van der Waals surface area (Å²) in [4.78, 5) is 23.9. The Morgan fingerprint density at radius 2 is 1.85 bits per heavy atom. The van der Waals surface area contributed by atoms with Crippen LogP contribution in [0.1, 0.15) is 12.5 Å². The number of hydrogen-bond donors (Lipinski definition) is 0. The summed E-state index contributed by atoms with van der Waals surface area (Å²) in [6, 6.07) is 5.85. The summed E-state index contributed by atoms with van der Waals surface area (Å²) in [6.07, 6.45) is 1.71. The van der Waals surface area contributed by atoms with E-state index in [1.165, 1.54) is 12.1 Å². The maximum Gasteiger partial charge on any atom is 0.344 e. The van der Waals surface area contributed by atoms with Crippen molar-refractivity contribution in [2.24, 2.45) is 0 Å². The molecule has 2 rings (SSSR count). The molecule has 1 aliphatic rings. The van der Waals surface area contributed by atoms with Crippen molar-refractivity contribution < 1.29 is 14.5 Å². The van der Waals surface area contributed by atoms with E-state index < -0.39 is 10.9 Å². The van der Waals surface area contributed by atoms with Crippen LogP contribution >= 0.6 is 0 Å². The molecule has 0 bridgehead atoms. The molecule has 1 heterocycles. The summed E-state index contributed by atoms with van der Waals surface area (Å²) in [5.74, 6) is 0.0535. The molecule has 0 spiro atoms. The van der Waals surface area contributed by atoms with E-state index in [2.05, 4.69) is 0 Å². The van der Waals surface area contributed by atoms with Gasteiger partial charge in [-0.2, -0.15) is 0 Å². The van der Waals surface area contributed by atoms with Crippen molar-refractivity contribution in [2.45, 2.75) is 6.92 Å². The Morgan fingerprint density at radius 3 is 2.35 bits per heavy atom. The fourth-order valence-corrected chi connectivity index (χ4v) is 1.95. The van der Waals surface area contributed by atoms with E-state index in [1.807, 2.05) is 14.1 Å². The summed E-state index contributed by atoms with van der Waals surface area (Å²) in [5, 5.41) is 10.6. The molecular weight excluding hydrogens is 260 g/mol. The summed E-state index contributed by atoms with van der Waals surface area (Å²) in [5.41, 5.74) is 1.76. The zero-order valence-electron chi connectivity index (χ0n) is 11.4. The molecule has 0 aromatic heterocycles. The number of rotatable bonds is 3. The van der Waals surface area contributed by atoms with Crippen molar-refractivity contribution in [3.05, 3.63) is 57.5 Å². The molecule has 1 aromatic carbocycles. The second kappa shape index (κ2) is 5.16. The molecule has 0 aliphatic carbocycles. The third-order valence-corrected chi connectivity index (χ3v) is 2.89. The maximum absolute atomic E-state index is 11.9. The lowest BCUT2D eigenvalue weighted by Gasteiger charge is -2.06. The number of hydrogen-bond acceptors (Lipinski definition) is 5. The number of carbonyl (C=O) groups excluding carboxylic acids is 1. The molecule has 1 aliphatic heterocycles. The van der Waals surface area contributed by atoms with Crippen molar-refractivity contribution in [3.63, 3.8) is 0 Å². The number of carbonyl (C=O) groups is 1. The highest BCUT2D eigenvalue weighted by Crippen LogP contribution is 2.33. The predicted octanol–water partition coefficient (Wildman–Crippen LogP) is 2.33. The summed E-state index contributed by atoms with van der Waals surface area (Å²) in [6.45, 7) is 1.79. The molecule has 0 saturated carbocycles. The zero-order chi connectivity index (χ0) is 14.9. The van der Waals surface area contributed by atoms with Gasteiger partial charge >= 0.3 is 5.97 Å². The van der Waals surface area contributed by atoms with Crippen LogP contribution in [0, 0.1) is 10.1 Å². The number of esters is 1. The summed E-state index contributed by atoms with van der Waals surface area (Å²) >= 11 is 0. The van der Waals surface area contributed by atoms with Crippen LogP contribution in [0.2, 0.25) is 0 Å². The number of allylic oxidation sites excluding steroid dienone is 1. The molecule has 6 nitrogen and oxygen atoms in total. The second-order valence-electron chi connectivity index (χ2n) is 4.65. The topological polar surface area (TPSA) is 72.7 Å². The third kappa shape index (κ3) is 2.54. The Labute approximate surface area is 116 Å². The average molecular weight is 274 g/mol. The first-order chi connectivity index (χ1) is 9.40. The van der Waals surface area contributed by atoms with Crippen LogP contribution in [-0.2, 0) is 9.53 Å². The van der Waals surface area contributed by atoms with Gasteiger partial charge in [-0.3, -0.25) is 10.1 Å². The van der Waals surface area contributed by atoms with Gasteiger partial charge in [0.1, 0.15) is 0 Å². The number of non-ortho nitro benzene ring substituents is 1. The minimum Gasteiger partial charge on any atom is -0.421 e. The van der Waals surface area contributed by atoms with Gasteiger partial charge in [0.2, 0.25) is 0 Å². The largest absolute Gasteiger partial charge is 0.421 e. The number of nitro benzene ring substituents is 1. The molecule has 0 radical (unpaired) electrons. The smallest absolute Gasteiger partial charge is 0.344 e. The molecule has 0 atom stereocenters. The molecule has 1 aromatic rings. The van der Waals surface area contributed by atoms with Gasteiger partial charge in [0.25, 0.3) is 5.69 Å². The Hall–Kier alpha value is -2.63. The molecule has 0 unspecified atom stereocenters. The molecule has 0 N–H and O–H groups in total.